The first-order valence-corrected chi connectivity index (χ1v) is 8.45. The average molecular weight is 437 g/mol. The second-order valence-corrected chi connectivity index (χ2v) is 6.91. The quantitative estimate of drug-likeness (QED) is 0.515. The minimum absolute atomic E-state index is 0.407. The molecule has 0 fully saturated rings. The van der Waals surface area contributed by atoms with Gasteiger partial charge in [-0.15, -0.1) is 0 Å². The van der Waals surface area contributed by atoms with Crippen molar-refractivity contribution in [1.29, 1.82) is 0 Å². The fraction of sp³-hybridized carbons (Fsp3) is 0. The Morgan fingerprint density at radius 1 is 0.864 bits per heavy atom. The summed E-state index contributed by atoms with van der Waals surface area (Å²) in [5, 5.41) is 0. The van der Waals surface area contributed by atoms with Gasteiger partial charge in [-0.05, 0) is 36.5 Å². The van der Waals surface area contributed by atoms with E-state index in [4.69, 9.17) is 18.0 Å². The van der Waals surface area contributed by atoms with Crippen molar-refractivity contribution in [2.45, 2.75) is 0 Å². The lowest BCUT2D eigenvalue weighted by atomic mass is 10.1. The lowest BCUT2D eigenvalue weighted by molar-refractivity contribution is 1.15. The fourth-order valence-electron chi connectivity index (χ4n) is 2.15. The molecule has 0 aliphatic rings. The summed E-state index contributed by atoms with van der Waals surface area (Å²) in [6.45, 7) is 0. The first-order chi connectivity index (χ1) is 10.5. The van der Waals surface area contributed by atoms with Crippen molar-refractivity contribution in [1.82, 2.24) is 9.97 Å². The lowest BCUT2D eigenvalue weighted by Gasteiger charge is -2.11. The number of aromatic nitrogens is 2. The zero-order chi connectivity index (χ0) is 15.7. The molecule has 22 heavy (non-hydrogen) atoms. The van der Waals surface area contributed by atoms with Crippen LogP contribution >= 0.6 is 44.1 Å². The molecule has 2 aromatic carbocycles. The Bertz CT molecular complexity index is 802. The van der Waals surface area contributed by atoms with E-state index in [1.165, 1.54) is 0 Å². The highest BCUT2D eigenvalue weighted by Crippen LogP contribution is 2.32. The molecule has 0 unspecified atom stereocenters. The van der Waals surface area contributed by atoms with Gasteiger partial charge in [-0.25, -0.2) is 4.98 Å². The van der Waals surface area contributed by atoms with Gasteiger partial charge in [0.15, 0.2) is 4.77 Å². The van der Waals surface area contributed by atoms with Gasteiger partial charge in [0.25, 0.3) is 0 Å². The van der Waals surface area contributed by atoms with Crippen molar-refractivity contribution < 1.29 is 0 Å². The van der Waals surface area contributed by atoms with Gasteiger partial charge in [0.05, 0.1) is 17.1 Å². The smallest absolute Gasteiger partial charge is 0.197 e. The molecule has 0 spiro atoms. The van der Waals surface area contributed by atoms with E-state index >= 15 is 0 Å². The summed E-state index contributed by atoms with van der Waals surface area (Å²) in [7, 11) is 0. The van der Waals surface area contributed by atoms with Crippen LogP contribution in [0.1, 0.15) is 0 Å². The molecule has 3 aromatic rings. The van der Waals surface area contributed by atoms with Crippen LogP contribution in [0.2, 0.25) is 0 Å². The third-order valence-electron chi connectivity index (χ3n) is 3.22. The summed E-state index contributed by atoms with van der Waals surface area (Å²) in [6, 6.07) is 15.7. The minimum Gasteiger partial charge on any atom is -0.395 e. The highest BCUT2D eigenvalue weighted by Gasteiger charge is 2.12. The minimum atomic E-state index is 0.407. The maximum Gasteiger partial charge on any atom is 0.197 e. The molecular weight excluding hydrogens is 426 g/mol. The van der Waals surface area contributed by atoms with Crippen LogP contribution in [0.25, 0.3) is 22.5 Å². The number of benzene rings is 2. The van der Waals surface area contributed by atoms with Crippen molar-refractivity contribution in [3.8, 4) is 22.5 Å². The third-order valence-corrected chi connectivity index (χ3v) is 4.47. The Balaban J connectivity index is 2.19. The summed E-state index contributed by atoms with van der Waals surface area (Å²) in [5.74, 6) is 0. The molecule has 0 amide bonds. The van der Waals surface area contributed by atoms with Gasteiger partial charge in [0, 0.05) is 20.1 Å². The van der Waals surface area contributed by atoms with E-state index in [1.807, 2.05) is 48.5 Å². The van der Waals surface area contributed by atoms with E-state index in [0.717, 1.165) is 25.8 Å². The highest BCUT2D eigenvalue weighted by molar-refractivity contribution is 9.10. The number of H-pyrrole nitrogens is 1. The van der Waals surface area contributed by atoms with Crippen molar-refractivity contribution >= 4 is 49.8 Å². The lowest BCUT2D eigenvalue weighted by Crippen LogP contribution is -2.00. The molecule has 0 bridgehead atoms. The molecule has 1 aromatic heterocycles. The van der Waals surface area contributed by atoms with Gasteiger partial charge in [-0.1, -0.05) is 56.1 Å². The highest BCUT2D eigenvalue weighted by atomic mass is 79.9. The number of nitrogens with one attached hydrogen (secondary N) is 1. The van der Waals surface area contributed by atoms with E-state index in [2.05, 4.69) is 41.8 Å². The second-order valence-electron chi connectivity index (χ2n) is 4.69. The molecule has 110 valence electrons. The van der Waals surface area contributed by atoms with Crippen LogP contribution in [0, 0.1) is 4.77 Å². The summed E-state index contributed by atoms with van der Waals surface area (Å²) in [6.07, 6.45) is 0. The zero-order valence-corrected chi connectivity index (χ0v) is 15.3. The summed E-state index contributed by atoms with van der Waals surface area (Å²) >= 11 is 12.1. The molecule has 3 rings (SSSR count). The number of nitrogens with zero attached hydrogens (tertiary/aromatic N) is 1. The van der Waals surface area contributed by atoms with E-state index in [-0.39, 0.29) is 0 Å². The molecular formula is C16H11Br2N3S. The third kappa shape index (κ3) is 3.14. The Labute approximate surface area is 149 Å². The number of aromatic amines is 1. The number of rotatable bonds is 2. The normalized spacial score (nSPS) is 10.6. The molecule has 0 saturated heterocycles. The molecule has 0 aliphatic carbocycles. The van der Waals surface area contributed by atoms with Crippen molar-refractivity contribution in [3.05, 3.63) is 62.2 Å². The van der Waals surface area contributed by atoms with Crippen LogP contribution in [0.3, 0.4) is 0 Å². The molecule has 1 heterocycles. The second kappa shape index (κ2) is 6.32. The maximum atomic E-state index is 6.33. The van der Waals surface area contributed by atoms with Crippen LogP contribution in [0.15, 0.2) is 57.5 Å². The van der Waals surface area contributed by atoms with Crippen molar-refractivity contribution in [3.63, 3.8) is 0 Å². The van der Waals surface area contributed by atoms with E-state index in [9.17, 15) is 0 Å². The Kier molecular flexibility index (Phi) is 4.42. The largest absolute Gasteiger partial charge is 0.395 e. The Hall–Kier alpha value is -1.50. The number of hydrogen-bond donors (Lipinski definition) is 2. The predicted molar refractivity (Wildman–Crippen MR) is 100 cm³/mol. The van der Waals surface area contributed by atoms with E-state index < -0.39 is 0 Å². The van der Waals surface area contributed by atoms with Crippen LogP contribution in [-0.2, 0) is 0 Å². The van der Waals surface area contributed by atoms with Gasteiger partial charge in [-0.2, -0.15) is 0 Å². The van der Waals surface area contributed by atoms with E-state index in [1.54, 1.807) is 0 Å². The molecule has 3 N–H and O–H groups in total. The number of hydrogen-bond acceptors (Lipinski definition) is 3. The Morgan fingerprint density at radius 2 is 1.36 bits per heavy atom. The van der Waals surface area contributed by atoms with Gasteiger partial charge in [0.2, 0.25) is 0 Å². The molecule has 0 aliphatic heterocycles. The zero-order valence-electron chi connectivity index (χ0n) is 11.3. The number of anilines is 1. The average Bonchev–Trinajstić information content (AvgIpc) is 2.51. The number of nitrogens with two attached hydrogens (primary N) is 1. The van der Waals surface area contributed by atoms with Gasteiger partial charge in [0.1, 0.15) is 0 Å². The van der Waals surface area contributed by atoms with Crippen LogP contribution in [-0.4, -0.2) is 9.97 Å². The number of halogens is 2. The monoisotopic (exact) mass is 435 g/mol. The van der Waals surface area contributed by atoms with Crippen LogP contribution < -0.4 is 5.73 Å². The van der Waals surface area contributed by atoms with Crippen LogP contribution in [0.4, 0.5) is 5.69 Å². The predicted octanol–water partition coefficient (Wildman–Crippen LogP) is 5.58. The Morgan fingerprint density at radius 3 is 1.91 bits per heavy atom. The standard InChI is InChI=1S/C16H11Br2N3S/c17-11-5-1-9(2-6-11)14-13(19)15(21-16(22)20-14)10-3-7-12(18)8-4-10/h1-8H,19H2,(H,20,21,22). The molecule has 0 saturated carbocycles. The summed E-state index contributed by atoms with van der Waals surface area (Å²) in [5.41, 5.74) is 10.3. The van der Waals surface area contributed by atoms with Gasteiger partial charge >= 0.3 is 0 Å². The molecule has 0 radical (unpaired) electrons. The fourth-order valence-corrected chi connectivity index (χ4v) is 2.88. The summed E-state index contributed by atoms with van der Waals surface area (Å²) < 4.78 is 2.42. The molecule has 3 nitrogen and oxygen atoms in total. The van der Waals surface area contributed by atoms with Crippen molar-refractivity contribution in [2.24, 2.45) is 0 Å². The topological polar surface area (TPSA) is 54.7 Å². The summed E-state index contributed by atoms with van der Waals surface area (Å²) in [4.78, 5) is 7.47. The number of nitrogen functional groups attached to an aromatic ring is 1. The molecule has 0 atom stereocenters. The molecule has 6 heteroatoms. The van der Waals surface area contributed by atoms with Crippen molar-refractivity contribution in [2.75, 3.05) is 5.73 Å². The maximum absolute atomic E-state index is 6.33. The van der Waals surface area contributed by atoms with E-state index in [0.29, 0.717) is 16.2 Å². The SMILES string of the molecule is Nc1c(-c2ccc(Br)cc2)nc(=S)[nH]c1-c1ccc(Br)cc1. The first kappa shape index (κ1) is 15.4. The van der Waals surface area contributed by atoms with Gasteiger partial charge < -0.3 is 10.7 Å². The first-order valence-electron chi connectivity index (χ1n) is 6.46. The van der Waals surface area contributed by atoms with Gasteiger partial charge in [-0.3, -0.25) is 0 Å². The van der Waals surface area contributed by atoms with Crippen LogP contribution in [0.5, 0.6) is 0 Å².